The van der Waals surface area contributed by atoms with Crippen LogP contribution in [-0.2, 0) is 7.05 Å². The minimum atomic E-state index is -1.40. The second-order valence-electron chi connectivity index (χ2n) is 9.78. The number of benzene rings is 2. The number of pyridine rings is 2. The monoisotopic (exact) mass is 425 g/mol. The summed E-state index contributed by atoms with van der Waals surface area (Å²) in [4.78, 5) is 4.65. The molecule has 156 valence electrons. The maximum Gasteiger partial charge on any atom is 0.227 e. The molecule has 0 fully saturated rings. The molecule has 0 spiro atoms. The van der Waals surface area contributed by atoms with Gasteiger partial charge in [0.1, 0.15) is 7.05 Å². The van der Waals surface area contributed by atoms with Gasteiger partial charge in [-0.15, -0.1) is 0 Å². The number of hydrogen-bond donors (Lipinski definition) is 0. The van der Waals surface area contributed by atoms with E-state index < -0.39 is 8.07 Å². The van der Waals surface area contributed by atoms with Crippen LogP contribution < -0.4 is 9.75 Å². The van der Waals surface area contributed by atoms with E-state index in [0.717, 1.165) is 27.6 Å². The first kappa shape index (κ1) is 19.9. The van der Waals surface area contributed by atoms with Gasteiger partial charge in [-0.25, -0.2) is 4.98 Å². The van der Waals surface area contributed by atoms with Crippen LogP contribution in [0.15, 0.2) is 52.9 Å². The zero-order valence-electron chi connectivity index (χ0n) is 19.4. The lowest BCUT2D eigenvalue weighted by molar-refractivity contribution is -0.633. The van der Waals surface area contributed by atoms with Gasteiger partial charge in [0.2, 0.25) is 16.9 Å². The Morgan fingerprint density at radius 1 is 0.871 bits per heavy atom. The quantitative estimate of drug-likeness (QED) is 0.253. The molecule has 5 rings (SSSR count). The summed E-state index contributed by atoms with van der Waals surface area (Å²) in [6, 6.07) is 17.8. The molecule has 3 aromatic heterocycles. The lowest BCUT2D eigenvalue weighted by Gasteiger charge is -2.16. The summed E-state index contributed by atoms with van der Waals surface area (Å²) in [7, 11) is 0.769. The Kier molecular flexibility index (Phi) is 4.35. The lowest BCUT2D eigenvalue weighted by Crippen LogP contribution is -2.39. The zero-order valence-corrected chi connectivity index (χ0v) is 20.4. The van der Waals surface area contributed by atoms with Crippen molar-refractivity contribution < 1.29 is 8.98 Å². The average molecular weight is 426 g/mol. The lowest BCUT2D eigenvalue weighted by atomic mass is 9.96. The van der Waals surface area contributed by atoms with Crippen molar-refractivity contribution in [3.05, 3.63) is 65.4 Å². The van der Waals surface area contributed by atoms with Gasteiger partial charge in [0.05, 0.1) is 13.6 Å². The van der Waals surface area contributed by atoms with Gasteiger partial charge in [0, 0.05) is 34.0 Å². The highest BCUT2D eigenvalue weighted by Gasteiger charge is 2.25. The molecule has 0 saturated heterocycles. The van der Waals surface area contributed by atoms with Crippen LogP contribution in [0.5, 0.6) is 0 Å². The summed E-state index contributed by atoms with van der Waals surface area (Å²) < 4.78 is 8.71. The Hall–Kier alpha value is -2.98. The summed E-state index contributed by atoms with van der Waals surface area (Å²) in [6.45, 7) is 13.6. The van der Waals surface area contributed by atoms with Crippen LogP contribution >= 0.6 is 0 Å². The number of rotatable bonds is 2. The Bertz CT molecular complexity index is 1510. The molecule has 3 heterocycles. The molecule has 0 aliphatic carbocycles. The zero-order chi connectivity index (χ0) is 22.1. The predicted molar refractivity (Wildman–Crippen MR) is 133 cm³/mol. The van der Waals surface area contributed by atoms with Crippen molar-refractivity contribution in [3.8, 4) is 11.3 Å². The molecule has 0 saturated carbocycles. The topological polar surface area (TPSA) is 29.9 Å². The van der Waals surface area contributed by atoms with Gasteiger partial charge >= 0.3 is 0 Å². The van der Waals surface area contributed by atoms with E-state index in [1.165, 1.54) is 32.9 Å². The third kappa shape index (κ3) is 3.09. The van der Waals surface area contributed by atoms with E-state index >= 15 is 0 Å². The molecule has 31 heavy (non-hydrogen) atoms. The second kappa shape index (κ2) is 6.76. The van der Waals surface area contributed by atoms with Crippen molar-refractivity contribution in [2.45, 2.75) is 40.4 Å². The maximum atomic E-state index is 6.38. The normalized spacial score (nSPS) is 12.4. The molecule has 0 amide bonds. The minimum absolute atomic E-state index is 0.714. The SMILES string of the molecule is Cc1ccc2c(n1)oc1c(-c3ccc4ccc([Si](C)(C)C)cc4[n+]3C)c(C)c(C)cc12. The van der Waals surface area contributed by atoms with Gasteiger partial charge in [-0.2, -0.15) is 4.57 Å². The van der Waals surface area contributed by atoms with Crippen LogP contribution in [0.2, 0.25) is 19.6 Å². The van der Waals surface area contributed by atoms with Crippen LogP contribution in [0.1, 0.15) is 16.8 Å². The van der Waals surface area contributed by atoms with Crippen LogP contribution in [0.25, 0.3) is 44.2 Å². The van der Waals surface area contributed by atoms with Crippen LogP contribution in [0, 0.1) is 20.8 Å². The number of aromatic nitrogens is 2. The molecule has 2 aromatic carbocycles. The van der Waals surface area contributed by atoms with E-state index in [0.29, 0.717) is 5.71 Å². The molecule has 5 aromatic rings. The Morgan fingerprint density at radius 2 is 1.61 bits per heavy atom. The second-order valence-corrected chi connectivity index (χ2v) is 14.9. The average Bonchev–Trinajstić information content (AvgIpc) is 3.06. The third-order valence-corrected chi connectivity index (χ3v) is 8.63. The number of aryl methyl sites for hydroxylation is 3. The predicted octanol–water partition coefficient (Wildman–Crippen LogP) is 6.10. The van der Waals surface area contributed by atoms with Crippen molar-refractivity contribution in [1.29, 1.82) is 0 Å². The first-order valence-corrected chi connectivity index (χ1v) is 14.4. The van der Waals surface area contributed by atoms with Gasteiger partial charge in [0.25, 0.3) is 0 Å². The third-order valence-electron chi connectivity index (χ3n) is 6.58. The molecule has 0 aliphatic rings. The smallest absolute Gasteiger partial charge is 0.227 e. The molecular formula is C27H29N2OSi+. The number of hydrogen-bond acceptors (Lipinski definition) is 2. The maximum absolute atomic E-state index is 6.38. The van der Waals surface area contributed by atoms with Crippen LogP contribution in [0.4, 0.5) is 0 Å². The number of nitrogens with zero attached hydrogens (tertiary/aromatic N) is 2. The fourth-order valence-electron chi connectivity index (χ4n) is 4.52. The van der Waals surface area contributed by atoms with Crippen molar-refractivity contribution in [1.82, 2.24) is 4.98 Å². The number of fused-ring (bicyclic) bond motifs is 4. The summed E-state index contributed by atoms with van der Waals surface area (Å²) in [5.74, 6) is 0. The Labute approximate surface area is 184 Å². The minimum Gasteiger partial charge on any atom is -0.437 e. The standard InChI is InChI=1S/C27H29N2OSi/c1-16-14-22-21-12-8-17(2)28-27(21)30-26(22)25(18(16)3)23-13-10-19-9-11-20(31(5,6)7)15-24(19)29(23)4/h8-15H,1-7H3/q+1. The van der Waals surface area contributed by atoms with E-state index in [9.17, 15) is 0 Å². The number of furan rings is 1. The van der Waals surface area contributed by atoms with E-state index in [-0.39, 0.29) is 0 Å². The van der Waals surface area contributed by atoms with Crippen LogP contribution in [0.3, 0.4) is 0 Å². The molecule has 0 bridgehead atoms. The fraction of sp³-hybridized carbons (Fsp3) is 0.259. The largest absolute Gasteiger partial charge is 0.437 e. The van der Waals surface area contributed by atoms with Crippen LogP contribution in [-0.4, -0.2) is 13.1 Å². The fourth-order valence-corrected chi connectivity index (χ4v) is 5.68. The molecule has 0 N–H and O–H groups in total. The van der Waals surface area contributed by atoms with Crippen molar-refractivity contribution in [2.75, 3.05) is 0 Å². The van der Waals surface area contributed by atoms with Gasteiger partial charge < -0.3 is 4.42 Å². The van der Waals surface area contributed by atoms with Gasteiger partial charge in [-0.05, 0) is 62.2 Å². The molecule has 3 nitrogen and oxygen atoms in total. The van der Waals surface area contributed by atoms with E-state index in [2.05, 4.69) is 98.6 Å². The summed E-state index contributed by atoms with van der Waals surface area (Å²) in [5, 5.41) is 4.95. The molecular weight excluding hydrogens is 396 g/mol. The Morgan fingerprint density at radius 3 is 2.35 bits per heavy atom. The van der Waals surface area contributed by atoms with E-state index in [4.69, 9.17) is 4.42 Å². The summed E-state index contributed by atoms with van der Waals surface area (Å²) in [6.07, 6.45) is 0. The van der Waals surface area contributed by atoms with E-state index in [1.807, 2.05) is 6.92 Å². The summed E-state index contributed by atoms with van der Waals surface area (Å²) in [5.41, 5.74) is 8.71. The van der Waals surface area contributed by atoms with Gasteiger partial charge in [-0.3, -0.25) is 0 Å². The molecule has 0 unspecified atom stereocenters. The first-order valence-electron chi connectivity index (χ1n) is 10.9. The Balaban J connectivity index is 1.87. The molecule has 0 radical (unpaired) electrons. The van der Waals surface area contributed by atoms with Gasteiger partial charge in [0.15, 0.2) is 5.58 Å². The van der Waals surface area contributed by atoms with E-state index in [1.54, 1.807) is 0 Å². The molecule has 4 heteroatoms. The molecule has 0 atom stereocenters. The first-order chi connectivity index (χ1) is 14.6. The van der Waals surface area contributed by atoms with Crippen molar-refractivity contribution >= 4 is 46.2 Å². The highest BCUT2D eigenvalue weighted by atomic mass is 28.3. The summed E-state index contributed by atoms with van der Waals surface area (Å²) >= 11 is 0. The van der Waals surface area contributed by atoms with Gasteiger partial charge in [-0.1, -0.05) is 30.9 Å². The van der Waals surface area contributed by atoms with Crippen molar-refractivity contribution in [2.24, 2.45) is 7.05 Å². The highest BCUT2D eigenvalue weighted by Crippen LogP contribution is 2.38. The van der Waals surface area contributed by atoms with Crippen molar-refractivity contribution in [3.63, 3.8) is 0 Å². The molecule has 0 aliphatic heterocycles. The highest BCUT2D eigenvalue weighted by molar-refractivity contribution is 6.88.